The number of halogens is 2. The molecule has 0 saturated carbocycles. The Morgan fingerprint density at radius 2 is 1.71 bits per heavy atom. The fraction of sp³-hybridized carbons (Fsp3) is 0.342. The summed E-state index contributed by atoms with van der Waals surface area (Å²) in [4.78, 5) is 32.4. The SMILES string of the molecule is C=CC(=O)Nc1cc(Nc2cc(N3OCC[C@@H]3c3cccc(-c4cc(F)cc(F)c4)c3)ncn2)c(OC)cc1N1CCC(N2CCOCC2)CC1. The molecular formula is C38H41F2N7O4. The average Bonchev–Trinajstić information content (AvgIpc) is 3.66. The summed E-state index contributed by atoms with van der Waals surface area (Å²) in [6, 6.07) is 16.9. The van der Waals surface area contributed by atoms with E-state index in [1.807, 2.05) is 36.4 Å². The normalized spacial score (nSPS) is 18.5. The molecule has 0 spiro atoms. The number of nitrogens with zero attached hydrogens (tertiary/aromatic N) is 5. The van der Waals surface area contributed by atoms with Crippen molar-refractivity contribution in [1.29, 1.82) is 0 Å². The first-order chi connectivity index (χ1) is 24.9. The second-order valence-corrected chi connectivity index (χ2v) is 12.8. The summed E-state index contributed by atoms with van der Waals surface area (Å²) < 4.78 is 39.4. The molecule has 0 unspecified atom stereocenters. The van der Waals surface area contributed by atoms with Gasteiger partial charge >= 0.3 is 0 Å². The first-order valence-corrected chi connectivity index (χ1v) is 17.2. The molecule has 1 aromatic heterocycles. The van der Waals surface area contributed by atoms with Crippen LogP contribution in [0, 0.1) is 11.6 Å². The maximum absolute atomic E-state index is 14.0. The number of benzene rings is 3. The first-order valence-electron chi connectivity index (χ1n) is 17.2. The van der Waals surface area contributed by atoms with Crippen LogP contribution in [0.3, 0.4) is 0 Å². The van der Waals surface area contributed by atoms with Gasteiger partial charge in [0.15, 0.2) is 5.82 Å². The van der Waals surface area contributed by atoms with Gasteiger partial charge in [-0.1, -0.05) is 24.8 Å². The van der Waals surface area contributed by atoms with Crippen LogP contribution in [-0.4, -0.2) is 79.9 Å². The number of ether oxygens (including phenoxy) is 2. The number of amides is 1. The molecule has 266 valence electrons. The number of hydrogen-bond donors (Lipinski definition) is 2. The minimum Gasteiger partial charge on any atom is -0.494 e. The standard InChI is InChI=1S/C38H41F2N7O4/c1-3-38(48)44-31-21-32(35(49-2)22-34(31)46-10-7-30(8-11-46)45-12-15-50-16-13-45)43-36-23-37(42-24-41-36)47-33(9-14-51-47)26-6-4-5-25(17-26)27-18-28(39)20-29(40)19-27/h3-6,17-24,30,33H,1,7-16H2,2H3,(H,44,48)(H,41,42,43)/t33-/m1/s1. The second kappa shape index (κ2) is 15.4. The lowest BCUT2D eigenvalue weighted by atomic mass is 9.98. The molecule has 3 aromatic carbocycles. The monoisotopic (exact) mass is 697 g/mol. The Bertz CT molecular complexity index is 1860. The summed E-state index contributed by atoms with van der Waals surface area (Å²) in [5.41, 5.74) is 4.16. The summed E-state index contributed by atoms with van der Waals surface area (Å²) in [6.07, 6.45) is 5.39. The van der Waals surface area contributed by atoms with Crippen molar-refractivity contribution in [1.82, 2.24) is 14.9 Å². The molecule has 4 aromatic rings. The molecule has 0 radical (unpaired) electrons. The van der Waals surface area contributed by atoms with Crippen molar-refractivity contribution in [3.05, 3.63) is 96.8 Å². The van der Waals surface area contributed by atoms with Gasteiger partial charge in [0.05, 0.1) is 50.0 Å². The predicted octanol–water partition coefficient (Wildman–Crippen LogP) is 6.48. The van der Waals surface area contributed by atoms with Gasteiger partial charge in [-0.25, -0.2) is 23.8 Å². The van der Waals surface area contributed by atoms with Crippen molar-refractivity contribution < 1.29 is 27.9 Å². The maximum Gasteiger partial charge on any atom is 0.247 e. The van der Waals surface area contributed by atoms with Crippen molar-refractivity contribution in [3.63, 3.8) is 0 Å². The summed E-state index contributed by atoms with van der Waals surface area (Å²) >= 11 is 0. The molecule has 3 saturated heterocycles. The molecule has 51 heavy (non-hydrogen) atoms. The number of methoxy groups -OCH3 is 1. The Balaban J connectivity index is 1.12. The number of aromatic nitrogens is 2. The van der Waals surface area contributed by atoms with E-state index in [1.54, 1.807) is 18.2 Å². The summed E-state index contributed by atoms with van der Waals surface area (Å²) in [5, 5.41) is 8.07. The smallest absolute Gasteiger partial charge is 0.247 e. The first kappa shape index (κ1) is 34.3. The van der Waals surface area contributed by atoms with Crippen molar-refractivity contribution in [2.24, 2.45) is 0 Å². The minimum absolute atomic E-state index is 0.201. The third kappa shape index (κ3) is 7.80. The van der Waals surface area contributed by atoms with Crippen LogP contribution in [0.1, 0.15) is 30.9 Å². The van der Waals surface area contributed by atoms with Crippen LogP contribution in [0.2, 0.25) is 0 Å². The number of carbonyl (C=O) groups excluding carboxylic acids is 1. The molecule has 4 heterocycles. The van der Waals surface area contributed by atoms with Gasteiger partial charge < -0.3 is 25.0 Å². The van der Waals surface area contributed by atoms with Crippen LogP contribution < -0.4 is 25.3 Å². The fourth-order valence-electron chi connectivity index (χ4n) is 7.11. The molecule has 3 aliphatic heterocycles. The van der Waals surface area contributed by atoms with Gasteiger partial charge in [0.2, 0.25) is 5.91 Å². The molecule has 11 nitrogen and oxygen atoms in total. The molecule has 0 bridgehead atoms. The fourth-order valence-corrected chi connectivity index (χ4v) is 7.11. The van der Waals surface area contributed by atoms with Crippen LogP contribution >= 0.6 is 0 Å². The molecule has 7 rings (SSSR count). The van der Waals surface area contributed by atoms with Crippen LogP contribution in [0.5, 0.6) is 5.75 Å². The van der Waals surface area contributed by atoms with Crippen LogP contribution in [0.25, 0.3) is 11.1 Å². The molecule has 3 fully saturated rings. The van der Waals surface area contributed by atoms with E-state index < -0.39 is 11.6 Å². The number of nitrogens with one attached hydrogen (secondary N) is 2. The van der Waals surface area contributed by atoms with Gasteiger partial charge in [-0.2, -0.15) is 0 Å². The highest BCUT2D eigenvalue weighted by Gasteiger charge is 2.30. The summed E-state index contributed by atoms with van der Waals surface area (Å²) in [5.74, 6) is 0.00933. The number of morpholine rings is 1. The number of rotatable bonds is 10. The van der Waals surface area contributed by atoms with Gasteiger partial charge in [-0.3, -0.25) is 14.5 Å². The quantitative estimate of drug-likeness (QED) is 0.179. The lowest BCUT2D eigenvalue weighted by Crippen LogP contribution is -2.49. The molecule has 0 aliphatic carbocycles. The zero-order chi connectivity index (χ0) is 35.3. The van der Waals surface area contributed by atoms with E-state index in [2.05, 4.69) is 37.0 Å². The summed E-state index contributed by atoms with van der Waals surface area (Å²) in [6.45, 7) is 9.25. The predicted molar refractivity (Wildman–Crippen MR) is 192 cm³/mol. The lowest BCUT2D eigenvalue weighted by Gasteiger charge is -2.41. The van der Waals surface area contributed by atoms with Gasteiger partial charge in [-0.05, 0) is 59.9 Å². The number of hydrogen-bond acceptors (Lipinski definition) is 10. The number of anilines is 5. The van der Waals surface area contributed by atoms with Crippen molar-refractivity contribution in [2.45, 2.75) is 31.3 Å². The highest BCUT2D eigenvalue weighted by atomic mass is 19.1. The topological polar surface area (TPSA) is 104 Å². The zero-order valence-electron chi connectivity index (χ0n) is 28.5. The Morgan fingerprint density at radius 3 is 2.45 bits per heavy atom. The minimum atomic E-state index is -0.632. The second-order valence-electron chi connectivity index (χ2n) is 12.8. The van der Waals surface area contributed by atoms with Gasteiger partial charge in [0.25, 0.3) is 0 Å². The van der Waals surface area contributed by atoms with E-state index in [0.717, 1.165) is 69.6 Å². The number of piperidine rings is 1. The molecule has 1 atom stereocenters. The molecular weight excluding hydrogens is 656 g/mol. The Morgan fingerprint density at radius 1 is 0.922 bits per heavy atom. The van der Waals surface area contributed by atoms with Gasteiger partial charge in [-0.15, -0.1) is 0 Å². The highest BCUT2D eigenvalue weighted by Crippen LogP contribution is 2.41. The number of hydroxylamine groups is 1. The molecule has 3 aliphatic rings. The van der Waals surface area contributed by atoms with Crippen molar-refractivity contribution >= 4 is 34.6 Å². The van der Waals surface area contributed by atoms with Gasteiger partial charge in [0.1, 0.15) is 29.5 Å². The summed E-state index contributed by atoms with van der Waals surface area (Å²) in [7, 11) is 1.61. The van der Waals surface area contributed by atoms with Crippen molar-refractivity contribution in [2.75, 3.05) is 73.7 Å². The van der Waals surface area contributed by atoms with E-state index in [9.17, 15) is 13.6 Å². The van der Waals surface area contributed by atoms with Crippen LogP contribution in [0.15, 0.2) is 79.6 Å². The lowest BCUT2D eigenvalue weighted by molar-refractivity contribution is -0.111. The molecule has 1 amide bonds. The maximum atomic E-state index is 14.0. The average molecular weight is 698 g/mol. The van der Waals surface area contributed by atoms with Gasteiger partial charge in [0, 0.05) is 56.8 Å². The van der Waals surface area contributed by atoms with E-state index in [1.165, 1.54) is 24.5 Å². The third-order valence-electron chi connectivity index (χ3n) is 9.64. The van der Waals surface area contributed by atoms with E-state index in [4.69, 9.17) is 14.3 Å². The Kier molecular flexibility index (Phi) is 10.4. The largest absolute Gasteiger partial charge is 0.494 e. The van der Waals surface area contributed by atoms with E-state index >= 15 is 0 Å². The van der Waals surface area contributed by atoms with Crippen LogP contribution in [-0.2, 0) is 14.4 Å². The van der Waals surface area contributed by atoms with E-state index in [0.29, 0.717) is 59.0 Å². The Hall–Kier alpha value is -5.11. The van der Waals surface area contributed by atoms with E-state index in [-0.39, 0.29) is 11.9 Å². The van der Waals surface area contributed by atoms with Crippen molar-refractivity contribution in [3.8, 4) is 16.9 Å². The highest BCUT2D eigenvalue weighted by molar-refractivity contribution is 6.02. The molecule has 13 heteroatoms. The van der Waals surface area contributed by atoms with Crippen LogP contribution in [0.4, 0.5) is 37.5 Å². The zero-order valence-corrected chi connectivity index (χ0v) is 28.5. The third-order valence-corrected chi connectivity index (χ3v) is 9.64. The Labute approximate surface area is 295 Å². The number of carbonyl (C=O) groups is 1. The molecule has 2 N–H and O–H groups in total.